The van der Waals surface area contributed by atoms with Crippen LogP contribution in [0.2, 0.25) is 11.1 Å². The van der Waals surface area contributed by atoms with Gasteiger partial charge in [-0.3, -0.25) is 0 Å². The first-order chi connectivity index (χ1) is 5.36. The Morgan fingerprint density at radius 1 is 1.36 bits per heavy atom. The summed E-state index contributed by atoms with van der Waals surface area (Å²) in [6, 6.07) is 10.1. The van der Waals surface area contributed by atoms with Crippen molar-refractivity contribution >= 4 is 14.1 Å². The van der Waals surface area contributed by atoms with Crippen molar-refractivity contribution in [1.29, 1.82) is 0 Å². The average Bonchev–Trinajstić information content (AvgIpc) is 2.69. The van der Waals surface area contributed by atoms with Crippen molar-refractivity contribution in [2.75, 3.05) is 0 Å². The molecule has 0 radical (unpaired) electrons. The van der Waals surface area contributed by atoms with Gasteiger partial charge >= 0.3 is 14.1 Å². The summed E-state index contributed by atoms with van der Waals surface area (Å²) < 4.78 is 5.70. The molecule has 1 aliphatic rings. The van der Waals surface area contributed by atoms with E-state index in [0.717, 1.165) is 5.75 Å². The van der Waals surface area contributed by atoms with Gasteiger partial charge in [-0.1, -0.05) is 23.5 Å². The average molecular weight is 162 g/mol. The van der Waals surface area contributed by atoms with Crippen molar-refractivity contribution in [2.24, 2.45) is 0 Å². The molecule has 1 unspecified atom stereocenters. The highest BCUT2D eigenvalue weighted by molar-refractivity contribution is 6.70. The van der Waals surface area contributed by atoms with Gasteiger partial charge in [-0.25, -0.2) is 0 Å². The van der Waals surface area contributed by atoms with Crippen molar-refractivity contribution in [1.82, 2.24) is 0 Å². The van der Waals surface area contributed by atoms with E-state index >= 15 is 0 Å². The van der Waals surface area contributed by atoms with Crippen LogP contribution in [0.5, 0.6) is 5.75 Å². The summed E-state index contributed by atoms with van der Waals surface area (Å²) in [4.78, 5) is 0.623. The Labute approximate surface area is 71.4 Å². The van der Waals surface area contributed by atoms with Crippen LogP contribution in [0.4, 0.5) is 0 Å². The number of para-hydroxylation sites is 1. The largest absolute Gasteiger partial charge is 0.507 e. The summed E-state index contributed by atoms with van der Waals surface area (Å²) in [5, 5.41) is 1.36. The maximum Gasteiger partial charge on any atom is 0.322 e. The molecule has 11 heavy (non-hydrogen) atoms. The quantitative estimate of drug-likeness (QED) is 0.605. The highest BCUT2D eigenvalue weighted by atomic mass is 27.2. The molecule has 2 rings (SSSR count). The first-order valence-electron chi connectivity index (χ1n) is 4.08. The summed E-state index contributed by atoms with van der Waals surface area (Å²) in [6.07, 6.45) is 0. The normalized spacial score (nSPS) is 21.5. The van der Waals surface area contributed by atoms with Gasteiger partial charge in [-0.2, -0.15) is 0 Å². The predicted octanol–water partition coefficient (Wildman–Crippen LogP) is 2.11. The van der Waals surface area contributed by atoms with Crippen LogP contribution in [0.1, 0.15) is 0 Å². The minimum atomic E-state index is -0.396. The van der Waals surface area contributed by atoms with Gasteiger partial charge in [0, 0.05) is 4.97 Å². The van der Waals surface area contributed by atoms with Gasteiger partial charge in [-0.15, -0.1) is 5.79 Å². The summed E-state index contributed by atoms with van der Waals surface area (Å²) in [6.45, 7) is 0. The topological polar surface area (TPSA) is 9.23 Å². The van der Waals surface area contributed by atoms with E-state index < -0.39 is 14.1 Å². The van der Waals surface area contributed by atoms with E-state index in [4.69, 9.17) is 4.74 Å². The zero-order valence-corrected chi connectivity index (χ0v) is 7.81. The number of benzene rings is 1. The zero-order chi connectivity index (χ0) is 7.68. The van der Waals surface area contributed by atoms with E-state index in [2.05, 4.69) is 5.79 Å². The number of rotatable bonds is 2. The van der Waals surface area contributed by atoms with E-state index in [1.54, 1.807) is 0 Å². The van der Waals surface area contributed by atoms with Crippen LogP contribution >= 0.6 is 0 Å². The summed E-state index contributed by atoms with van der Waals surface area (Å²) in [7, 11) is 0. The molecule has 0 bridgehead atoms. The molecule has 0 saturated carbocycles. The number of hydrogen-bond donors (Lipinski definition) is 0. The molecule has 1 fully saturated rings. The third kappa shape index (κ3) is 1.77. The molecule has 0 spiro atoms. The Hall–Kier alpha value is -0.448. The van der Waals surface area contributed by atoms with Crippen molar-refractivity contribution in [3.63, 3.8) is 0 Å². The van der Waals surface area contributed by atoms with Crippen molar-refractivity contribution < 1.29 is 4.74 Å². The Balaban J connectivity index is 1.97. The van der Waals surface area contributed by atoms with Gasteiger partial charge in [0.05, 0.1) is 0 Å². The van der Waals surface area contributed by atoms with Gasteiger partial charge in [0.25, 0.3) is 0 Å². The van der Waals surface area contributed by atoms with Gasteiger partial charge in [0.1, 0.15) is 5.75 Å². The molecule has 1 aromatic rings. The van der Waals surface area contributed by atoms with Crippen molar-refractivity contribution in [2.45, 2.75) is 16.0 Å². The lowest BCUT2D eigenvalue weighted by molar-refractivity contribution is 0.329. The van der Waals surface area contributed by atoms with E-state index in [-0.39, 0.29) is 0 Å². The van der Waals surface area contributed by atoms with Gasteiger partial charge in [0.15, 0.2) is 0 Å². The summed E-state index contributed by atoms with van der Waals surface area (Å²) in [5.41, 5.74) is 0. The molecule has 1 atom stereocenters. The smallest absolute Gasteiger partial charge is 0.322 e. The van der Waals surface area contributed by atoms with Crippen LogP contribution in [0, 0.1) is 0 Å². The maximum atomic E-state index is 5.70. The second-order valence-electron chi connectivity index (χ2n) is 3.18. The second-order valence-corrected chi connectivity index (χ2v) is 6.35. The Bertz CT molecular complexity index is 235. The van der Waals surface area contributed by atoms with Crippen LogP contribution in [-0.2, 0) is 0 Å². The van der Waals surface area contributed by atoms with E-state index in [0.29, 0.717) is 4.97 Å². The lowest BCUT2D eigenvalue weighted by atomic mass is 10.3. The fourth-order valence-electron chi connectivity index (χ4n) is 1.13. The summed E-state index contributed by atoms with van der Waals surface area (Å²) >= 11 is -0.396. The molecule has 2 heteroatoms. The lowest BCUT2D eigenvalue weighted by Gasteiger charge is -2.03. The molecule has 1 nitrogen and oxygen atoms in total. The highest BCUT2D eigenvalue weighted by Crippen LogP contribution is 2.26. The Kier molecular flexibility index (Phi) is 1.89. The minimum absolute atomic E-state index is 0.396. The molecule has 0 amide bonds. The summed E-state index contributed by atoms with van der Waals surface area (Å²) in [5.74, 6) is 3.39. The van der Waals surface area contributed by atoms with Crippen LogP contribution < -0.4 is 4.74 Å². The Morgan fingerprint density at radius 3 is 2.55 bits per heavy atom. The maximum absolute atomic E-state index is 5.70. The molecule has 0 aliphatic carbocycles. The molecule has 0 N–H and O–H groups in total. The molecule has 1 saturated heterocycles. The predicted molar refractivity (Wildman–Crippen MR) is 47.3 cm³/mol. The highest BCUT2D eigenvalue weighted by Gasteiger charge is 2.41. The fraction of sp³-hybridized carbons (Fsp3) is 0.333. The van der Waals surface area contributed by atoms with Gasteiger partial charge < -0.3 is 4.74 Å². The van der Waals surface area contributed by atoms with E-state index in [9.17, 15) is 0 Å². The number of ether oxygens (including phenoxy) is 1. The molecule has 0 aromatic heterocycles. The molecule has 1 aromatic carbocycles. The number of hydrogen-bond acceptors (Lipinski definition) is 1. The molecule has 1 heterocycles. The molecular weight excluding hydrogens is 151 g/mol. The van der Waals surface area contributed by atoms with Crippen molar-refractivity contribution in [3.8, 4) is 5.75 Å². The van der Waals surface area contributed by atoms with Gasteiger partial charge in [0.2, 0.25) is 0 Å². The SMILES string of the molecule is [CH3][Al]1[CH2][CH]1Oc1ccccc1. The van der Waals surface area contributed by atoms with E-state index in [1.807, 2.05) is 30.3 Å². The Morgan fingerprint density at radius 2 is 2.00 bits per heavy atom. The first-order valence-corrected chi connectivity index (χ1v) is 6.72. The second kappa shape index (κ2) is 2.89. The third-order valence-corrected chi connectivity index (χ3v) is 4.27. The van der Waals surface area contributed by atoms with Gasteiger partial charge in [-0.05, 0) is 12.1 Å². The van der Waals surface area contributed by atoms with Crippen molar-refractivity contribution in [3.05, 3.63) is 30.3 Å². The van der Waals surface area contributed by atoms with Crippen LogP contribution in [0.3, 0.4) is 0 Å². The van der Waals surface area contributed by atoms with E-state index in [1.165, 1.54) is 5.28 Å². The third-order valence-electron chi connectivity index (χ3n) is 2.07. The monoisotopic (exact) mass is 162 g/mol. The first kappa shape index (κ1) is 7.21. The molecule has 1 aliphatic heterocycles. The lowest BCUT2D eigenvalue weighted by Crippen LogP contribution is -2.02. The molecular formula is C9H11AlO. The molecule has 56 valence electrons. The van der Waals surface area contributed by atoms with Crippen LogP contribution in [0.25, 0.3) is 0 Å². The van der Waals surface area contributed by atoms with Crippen LogP contribution in [0.15, 0.2) is 30.3 Å². The standard InChI is InChI=1S/C8H8O.CH3.Al/c1-2-9-8-6-4-3-5-7-8;;/h2-7H,1H2;1H3;. The van der Waals surface area contributed by atoms with Crippen LogP contribution in [-0.4, -0.2) is 19.1 Å². The fourth-order valence-corrected chi connectivity index (χ4v) is 3.00. The minimum Gasteiger partial charge on any atom is -0.507 e. The zero-order valence-electron chi connectivity index (χ0n) is 6.66.